The van der Waals surface area contributed by atoms with Crippen LogP contribution in [0.25, 0.3) is 0 Å². The molecule has 0 bridgehead atoms. The van der Waals surface area contributed by atoms with Crippen LogP contribution in [0.3, 0.4) is 0 Å². The predicted octanol–water partition coefficient (Wildman–Crippen LogP) is 3.08. The summed E-state index contributed by atoms with van der Waals surface area (Å²) in [4.78, 5) is 16.2. The second-order valence-electron chi connectivity index (χ2n) is 6.95. The van der Waals surface area contributed by atoms with Crippen LogP contribution in [0, 0.1) is 5.41 Å². The van der Waals surface area contributed by atoms with E-state index in [0.29, 0.717) is 17.5 Å². The Morgan fingerprint density at radius 1 is 1.19 bits per heavy atom. The number of hydrogen-bond donors (Lipinski definition) is 0. The van der Waals surface area contributed by atoms with E-state index in [1.807, 2.05) is 4.90 Å². The SMILES string of the molecule is CC(=O)N1CCC2(CC1)CN(C(C)C)C2c1ccccc1. The van der Waals surface area contributed by atoms with Crippen molar-refractivity contribution < 1.29 is 4.79 Å². The van der Waals surface area contributed by atoms with Crippen molar-refractivity contribution in [2.45, 2.75) is 45.7 Å². The first-order chi connectivity index (χ1) is 10.0. The lowest BCUT2D eigenvalue weighted by atomic mass is 9.62. The Bertz CT molecular complexity index is 503. The zero-order valence-electron chi connectivity index (χ0n) is 13.4. The summed E-state index contributed by atoms with van der Waals surface area (Å²) in [5.41, 5.74) is 1.81. The van der Waals surface area contributed by atoms with Gasteiger partial charge in [-0.1, -0.05) is 30.3 Å². The van der Waals surface area contributed by atoms with E-state index >= 15 is 0 Å². The van der Waals surface area contributed by atoms with Crippen molar-refractivity contribution in [3.63, 3.8) is 0 Å². The van der Waals surface area contributed by atoms with Crippen molar-refractivity contribution in [3.8, 4) is 0 Å². The van der Waals surface area contributed by atoms with Gasteiger partial charge in [-0.05, 0) is 32.3 Å². The quantitative estimate of drug-likeness (QED) is 0.834. The van der Waals surface area contributed by atoms with Crippen LogP contribution in [0.5, 0.6) is 0 Å². The van der Waals surface area contributed by atoms with E-state index in [-0.39, 0.29) is 5.91 Å². The molecular weight excluding hydrogens is 260 g/mol. The molecule has 0 saturated carbocycles. The molecule has 0 aromatic heterocycles. The minimum Gasteiger partial charge on any atom is -0.343 e. The Morgan fingerprint density at radius 2 is 1.81 bits per heavy atom. The third kappa shape index (κ3) is 2.48. The van der Waals surface area contributed by atoms with Crippen LogP contribution in [0.2, 0.25) is 0 Å². The largest absolute Gasteiger partial charge is 0.343 e. The maximum atomic E-state index is 11.6. The standard InChI is InChI=1S/C18H26N2O/c1-14(2)20-13-18(9-11-19(12-10-18)15(3)21)17(20)16-7-5-4-6-8-16/h4-8,14,17H,9-13H2,1-3H3. The molecule has 1 amide bonds. The highest BCUT2D eigenvalue weighted by Gasteiger charge is 2.54. The van der Waals surface area contributed by atoms with Gasteiger partial charge in [-0.25, -0.2) is 0 Å². The molecule has 3 rings (SSSR count). The van der Waals surface area contributed by atoms with Crippen molar-refractivity contribution in [3.05, 3.63) is 35.9 Å². The highest BCUT2D eigenvalue weighted by molar-refractivity contribution is 5.73. The van der Waals surface area contributed by atoms with Gasteiger partial charge in [0.05, 0.1) is 0 Å². The number of rotatable bonds is 2. The topological polar surface area (TPSA) is 23.6 Å². The Morgan fingerprint density at radius 3 is 2.33 bits per heavy atom. The van der Waals surface area contributed by atoms with Crippen LogP contribution in [-0.4, -0.2) is 41.4 Å². The number of benzene rings is 1. The highest BCUT2D eigenvalue weighted by atomic mass is 16.2. The number of nitrogens with zero attached hydrogens (tertiary/aromatic N) is 2. The zero-order chi connectivity index (χ0) is 15.0. The van der Waals surface area contributed by atoms with Crippen LogP contribution in [0.4, 0.5) is 0 Å². The molecule has 2 aliphatic rings. The third-order valence-electron chi connectivity index (χ3n) is 5.39. The lowest BCUT2D eigenvalue weighted by molar-refractivity contribution is -0.146. The molecule has 1 aromatic rings. The number of piperidine rings is 1. The van der Waals surface area contributed by atoms with Gasteiger partial charge in [-0.3, -0.25) is 9.69 Å². The fraction of sp³-hybridized carbons (Fsp3) is 0.611. The first kappa shape index (κ1) is 14.6. The molecule has 1 unspecified atom stereocenters. The maximum Gasteiger partial charge on any atom is 0.219 e. The fourth-order valence-corrected chi connectivity index (χ4v) is 4.14. The molecule has 2 saturated heterocycles. The molecule has 0 N–H and O–H groups in total. The van der Waals surface area contributed by atoms with Gasteiger partial charge in [0.2, 0.25) is 5.91 Å². The molecule has 1 aromatic carbocycles. The first-order valence-electron chi connectivity index (χ1n) is 8.10. The van der Waals surface area contributed by atoms with Crippen molar-refractivity contribution in [2.24, 2.45) is 5.41 Å². The minimum absolute atomic E-state index is 0.223. The molecule has 2 aliphatic heterocycles. The summed E-state index contributed by atoms with van der Waals surface area (Å²) in [6.07, 6.45) is 2.27. The normalized spacial score (nSPS) is 25.1. The maximum absolute atomic E-state index is 11.6. The minimum atomic E-state index is 0.223. The molecule has 114 valence electrons. The number of hydrogen-bond acceptors (Lipinski definition) is 2. The summed E-state index contributed by atoms with van der Waals surface area (Å²) in [6, 6.07) is 12.0. The molecule has 0 aliphatic carbocycles. The van der Waals surface area contributed by atoms with E-state index in [0.717, 1.165) is 25.9 Å². The van der Waals surface area contributed by atoms with E-state index in [1.54, 1.807) is 6.92 Å². The van der Waals surface area contributed by atoms with Crippen LogP contribution >= 0.6 is 0 Å². The van der Waals surface area contributed by atoms with Gasteiger partial charge in [0.1, 0.15) is 0 Å². The third-order valence-corrected chi connectivity index (χ3v) is 5.39. The van der Waals surface area contributed by atoms with E-state index < -0.39 is 0 Å². The van der Waals surface area contributed by atoms with Gasteiger partial charge in [-0.2, -0.15) is 0 Å². The molecule has 3 heteroatoms. The summed E-state index contributed by atoms with van der Waals surface area (Å²) in [6.45, 7) is 9.28. The van der Waals surface area contributed by atoms with E-state index in [1.165, 1.54) is 12.1 Å². The average molecular weight is 286 g/mol. The Balaban J connectivity index is 1.81. The van der Waals surface area contributed by atoms with Gasteiger partial charge in [0.25, 0.3) is 0 Å². The highest BCUT2D eigenvalue weighted by Crippen LogP contribution is 2.55. The number of likely N-dealkylation sites (tertiary alicyclic amines) is 2. The summed E-state index contributed by atoms with van der Waals surface area (Å²) >= 11 is 0. The predicted molar refractivity (Wildman–Crippen MR) is 84.9 cm³/mol. The fourth-order valence-electron chi connectivity index (χ4n) is 4.14. The molecule has 21 heavy (non-hydrogen) atoms. The summed E-state index contributed by atoms with van der Waals surface area (Å²) in [7, 11) is 0. The van der Waals surface area contributed by atoms with Crippen LogP contribution < -0.4 is 0 Å². The van der Waals surface area contributed by atoms with Crippen LogP contribution in [0.1, 0.15) is 45.2 Å². The lowest BCUT2D eigenvalue weighted by Crippen LogP contribution is -2.64. The average Bonchev–Trinajstić information content (AvgIpc) is 2.46. The Labute approximate surface area is 127 Å². The second kappa shape index (κ2) is 5.45. The molecule has 2 fully saturated rings. The Hall–Kier alpha value is -1.35. The first-order valence-corrected chi connectivity index (χ1v) is 8.10. The van der Waals surface area contributed by atoms with E-state index in [9.17, 15) is 4.79 Å². The summed E-state index contributed by atoms with van der Waals surface area (Å²) in [5, 5.41) is 0. The van der Waals surface area contributed by atoms with E-state index in [4.69, 9.17) is 0 Å². The summed E-state index contributed by atoms with van der Waals surface area (Å²) in [5.74, 6) is 0.223. The smallest absolute Gasteiger partial charge is 0.219 e. The van der Waals surface area contributed by atoms with Crippen molar-refractivity contribution in [2.75, 3.05) is 19.6 Å². The molecule has 2 heterocycles. The van der Waals surface area contributed by atoms with Gasteiger partial charge in [0, 0.05) is 44.1 Å². The van der Waals surface area contributed by atoms with Crippen molar-refractivity contribution in [1.82, 2.24) is 9.80 Å². The van der Waals surface area contributed by atoms with Gasteiger partial charge in [0.15, 0.2) is 0 Å². The molecular formula is C18H26N2O. The van der Waals surface area contributed by atoms with Crippen LogP contribution in [-0.2, 0) is 4.79 Å². The van der Waals surface area contributed by atoms with Crippen LogP contribution in [0.15, 0.2) is 30.3 Å². The van der Waals surface area contributed by atoms with Crippen molar-refractivity contribution in [1.29, 1.82) is 0 Å². The second-order valence-corrected chi connectivity index (χ2v) is 6.95. The van der Waals surface area contributed by atoms with Gasteiger partial charge in [-0.15, -0.1) is 0 Å². The monoisotopic (exact) mass is 286 g/mol. The number of carbonyl (C=O) groups excluding carboxylic acids is 1. The number of carbonyl (C=O) groups is 1. The molecule has 1 atom stereocenters. The summed E-state index contributed by atoms with van der Waals surface area (Å²) < 4.78 is 0. The molecule has 3 nitrogen and oxygen atoms in total. The van der Waals surface area contributed by atoms with Crippen molar-refractivity contribution >= 4 is 5.91 Å². The Kier molecular flexibility index (Phi) is 3.78. The number of amides is 1. The lowest BCUT2D eigenvalue weighted by Gasteiger charge is -2.62. The van der Waals surface area contributed by atoms with E-state index in [2.05, 4.69) is 49.1 Å². The van der Waals surface area contributed by atoms with Gasteiger partial charge >= 0.3 is 0 Å². The molecule has 1 spiro atoms. The van der Waals surface area contributed by atoms with Gasteiger partial charge < -0.3 is 4.90 Å². The zero-order valence-corrected chi connectivity index (χ0v) is 13.4. The molecule has 0 radical (unpaired) electrons.